The molecule has 0 nitrogen and oxygen atoms in total. The molecular formula is C9H14. The first-order chi connectivity index (χ1) is 4.20. The highest BCUT2D eigenvalue weighted by Gasteiger charge is 2.10. The van der Waals surface area contributed by atoms with Gasteiger partial charge in [-0.3, -0.25) is 0 Å². The van der Waals surface area contributed by atoms with Crippen LogP contribution in [0.25, 0.3) is 0 Å². The molecule has 0 N–H and O–H groups in total. The second-order valence-corrected chi connectivity index (χ2v) is 2.99. The lowest BCUT2D eigenvalue weighted by molar-refractivity contribution is 0.699. The van der Waals surface area contributed by atoms with Crippen LogP contribution in [0.2, 0.25) is 0 Å². The van der Waals surface area contributed by atoms with E-state index in [1.807, 2.05) is 0 Å². The summed E-state index contributed by atoms with van der Waals surface area (Å²) >= 11 is 0. The van der Waals surface area contributed by atoms with E-state index in [4.69, 9.17) is 0 Å². The molecule has 0 bridgehead atoms. The molecule has 0 radical (unpaired) electrons. The van der Waals surface area contributed by atoms with Crippen molar-refractivity contribution in [1.82, 2.24) is 0 Å². The van der Waals surface area contributed by atoms with Gasteiger partial charge in [0, 0.05) is 0 Å². The van der Waals surface area contributed by atoms with Gasteiger partial charge in [-0.25, -0.2) is 0 Å². The first kappa shape index (κ1) is 6.60. The third-order valence-electron chi connectivity index (χ3n) is 1.90. The lowest BCUT2D eigenvalue weighted by Gasteiger charge is -1.95. The largest absolute Gasteiger partial charge is 0.0958 e. The maximum absolute atomic E-state index is 3.90. The third-order valence-corrected chi connectivity index (χ3v) is 1.90. The van der Waals surface area contributed by atoms with Crippen molar-refractivity contribution >= 4 is 0 Å². The van der Waals surface area contributed by atoms with E-state index in [-0.39, 0.29) is 0 Å². The highest BCUT2D eigenvalue weighted by Crippen LogP contribution is 2.27. The minimum absolute atomic E-state index is 0.789. The predicted octanol–water partition coefficient (Wildman–Crippen LogP) is 2.92. The normalized spacial score (nSPS) is 26.0. The average Bonchev–Trinajstić information content (AvgIpc) is 2.14. The monoisotopic (exact) mass is 122 g/mol. The van der Waals surface area contributed by atoms with Gasteiger partial charge in [0.25, 0.3) is 0 Å². The molecule has 1 aliphatic carbocycles. The molecule has 0 aromatic heterocycles. The van der Waals surface area contributed by atoms with Crippen molar-refractivity contribution in [3.8, 4) is 0 Å². The summed E-state index contributed by atoms with van der Waals surface area (Å²) in [5, 5.41) is 0. The third kappa shape index (κ3) is 1.44. The zero-order valence-electron chi connectivity index (χ0n) is 6.28. The maximum Gasteiger partial charge on any atom is -0.0253 e. The Morgan fingerprint density at radius 2 is 2.44 bits per heavy atom. The van der Waals surface area contributed by atoms with Crippen LogP contribution in [0.1, 0.15) is 26.7 Å². The Labute approximate surface area is 57.3 Å². The van der Waals surface area contributed by atoms with Crippen LogP contribution in [0.5, 0.6) is 0 Å². The summed E-state index contributed by atoms with van der Waals surface area (Å²) in [6.45, 7) is 8.25. The molecule has 1 atom stereocenters. The Balaban J connectivity index is 2.62. The van der Waals surface area contributed by atoms with Gasteiger partial charge in [0.15, 0.2) is 0 Å². The van der Waals surface area contributed by atoms with Crippen molar-refractivity contribution in [2.45, 2.75) is 26.7 Å². The highest BCUT2D eigenvalue weighted by molar-refractivity contribution is 5.29. The van der Waals surface area contributed by atoms with Crippen LogP contribution in [0.4, 0.5) is 0 Å². The molecular weight excluding hydrogens is 108 g/mol. The summed E-state index contributed by atoms with van der Waals surface area (Å²) in [5.74, 6) is 0.789. The second kappa shape index (κ2) is 2.38. The van der Waals surface area contributed by atoms with Crippen LogP contribution < -0.4 is 0 Å². The standard InChI is InChI=1S/C9H14/c1-7(2)9-5-4-8(3)6-9/h6,8H,1,4-5H2,2-3H3/t8-/m0/s1. The van der Waals surface area contributed by atoms with Crippen molar-refractivity contribution in [3.05, 3.63) is 23.8 Å². The lowest BCUT2D eigenvalue weighted by Crippen LogP contribution is -1.77. The van der Waals surface area contributed by atoms with Crippen molar-refractivity contribution in [3.63, 3.8) is 0 Å². The molecule has 0 aromatic carbocycles. The van der Waals surface area contributed by atoms with Crippen LogP contribution in [-0.4, -0.2) is 0 Å². The lowest BCUT2D eigenvalue weighted by atomic mass is 10.1. The SMILES string of the molecule is C=C(C)C1=C[C@@H](C)CC1. The van der Waals surface area contributed by atoms with Crippen LogP contribution >= 0.6 is 0 Å². The van der Waals surface area contributed by atoms with E-state index in [9.17, 15) is 0 Å². The first-order valence-electron chi connectivity index (χ1n) is 3.56. The van der Waals surface area contributed by atoms with Crippen molar-refractivity contribution in [1.29, 1.82) is 0 Å². The van der Waals surface area contributed by atoms with Gasteiger partial charge in [-0.15, -0.1) is 0 Å². The van der Waals surface area contributed by atoms with Crippen LogP contribution in [0.3, 0.4) is 0 Å². The molecule has 0 heterocycles. The van der Waals surface area contributed by atoms with E-state index >= 15 is 0 Å². The number of hydrogen-bond donors (Lipinski definition) is 0. The molecule has 50 valence electrons. The zero-order chi connectivity index (χ0) is 6.85. The van der Waals surface area contributed by atoms with E-state index < -0.39 is 0 Å². The minimum Gasteiger partial charge on any atom is -0.0958 e. The molecule has 0 aliphatic heterocycles. The molecule has 0 heteroatoms. The number of hydrogen-bond acceptors (Lipinski definition) is 0. The molecule has 0 saturated carbocycles. The van der Waals surface area contributed by atoms with Crippen molar-refractivity contribution < 1.29 is 0 Å². The Bertz CT molecular complexity index is 151. The van der Waals surface area contributed by atoms with Gasteiger partial charge in [0.1, 0.15) is 0 Å². The molecule has 9 heavy (non-hydrogen) atoms. The fourth-order valence-corrected chi connectivity index (χ4v) is 1.25. The zero-order valence-corrected chi connectivity index (χ0v) is 6.28. The topological polar surface area (TPSA) is 0 Å². The van der Waals surface area contributed by atoms with Gasteiger partial charge in [0.05, 0.1) is 0 Å². The average molecular weight is 122 g/mol. The molecule has 0 aromatic rings. The number of allylic oxidation sites excluding steroid dienone is 3. The van der Waals surface area contributed by atoms with E-state index in [1.165, 1.54) is 24.0 Å². The summed E-state index contributed by atoms with van der Waals surface area (Å²) in [4.78, 5) is 0. The summed E-state index contributed by atoms with van der Waals surface area (Å²) < 4.78 is 0. The van der Waals surface area contributed by atoms with E-state index in [0.29, 0.717) is 0 Å². The Kier molecular flexibility index (Phi) is 1.75. The molecule has 0 unspecified atom stereocenters. The molecule has 1 rings (SSSR count). The van der Waals surface area contributed by atoms with Gasteiger partial charge < -0.3 is 0 Å². The minimum atomic E-state index is 0.789. The summed E-state index contributed by atoms with van der Waals surface area (Å²) in [5.41, 5.74) is 2.72. The van der Waals surface area contributed by atoms with Gasteiger partial charge >= 0.3 is 0 Å². The Hall–Kier alpha value is -0.520. The Morgan fingerprint density at radius 3 is 2.67 bits per heavy atom. The van der Waals surface area contributed by atoms with Crippen LogP contribution in [0, 0.1) is 5.92 Å². The van der Waals surface area contributed by atoms with E-state index in [0.717, 1.165) is 5.92 Å². The summed E-state index contributed by atoms with van der Waals surface area (Å²) in [6, 6.07) is 0. The van der Waals surface area contributed by atoms with Crippen molar-refractivity contribution in [2.24, 2.45) is 5.92 Å². The van der Waals surface area contributed by atoms with Gasteiger partial charge in [-0.1, -0.05) is 25.2 Å². The molecule has 0 saturated heterocycles. The quantitative estimate of drug-likeness (QED) is 0.501. The maximum atomic E-state index is 3.90. The van der Waals surface area contributed by atoms with E-state index in [1.54, 1.807) is 0 Å². The summed E-state index contributed by atoms with van der Waals surface area (Å²) in [7, 11) is 0. The van der Waals surface area contributed by atoms with Gasteiger partial charge in [0.2, 0.25) is 0 Å². The molecule has 0 spiro atoms. The van der Waals surface area contributed by atoms with Crippen LogP contribution in [0.15, 0.2) is 23.8 Å². The smallest absolute Gasteiger partial charge is 0.0253 e. The van der Waals surface area contributed by atoms with Crippen LogP contribution in [-0.2, 0) is 0 Å². The second-order valence-electron chi connectivity index (χ2n) is 2.99. The van der Waals surface area contributed by atoms with E-state index in [2.05, 4.69) is 26.5 Å². The first-order valence-corrected chi connectivity index (χ1v) is 3.56. The fourth-order valence-electron chi connectivity index (χ4n) is 1.25. The molecule has 1 aliphatic rings. The fraction of sp³-hybridized carbons (Fsp3) is 0.556. The van der Waals surface area contributed by atoms with Gasteiger partial charge in [-0.2, -0.15) is 0 Å². The number of rotatable bonds is 1. The molecule has 0 amide bonds. The summed E-state index contributed by atoms with van der Waals surface area (Å²) in [6.07, 6.45) is 4.90. The van der Waals surface area contributed by atoms with Gasteiger partial charge in [-0.05, 0) is 31.3 Å². The molecule has 0 fully saturated rings. The predicted molar refractivity (Wildman–Crippen MR) is 41.3 cm³/mol. The Morgan fingerprint density at radius 1 is 1.78 bits per heavy atom. The van der Waals surface area contributed by atoms with Crippen molar-refractivity contribution in [2.75, 3.05) is 0 Å². The highest BCUT2D eigenvalue weighted by atomic mass is 14.2.